The van der Waals surface area contributed by atoms with Gasteiger partial charge in [-0.2, -0.15) is 0 Å². The number of amides is 1. The Morgan fingerprint density at radius 2 is 1.66 bits per heavy atom. The zero-order valence-corrected chi connectivity index (χ0v) is 17.5. The summed E-state index contributed by atoms with van der Waals surface area (Å²) in [5.74, 6) is 0.0500. The highest BCUT2D eigenvalue weighted by atomic mass is 16.5. The van der Waals surface area contributed by atoms with Gasteiger partial charge in [0.2, 0.25) is 0 Å². The number of hydrogen-bond donors (Lipinski definition) is 1. The SMILES string of the molecule is C[C@H](OC(=O)c1ccc(COc2ccc(C(C)(C)C)cc2)cc1)C(=O)NC1CC1. The first-order valence-corrected chi connectivity index (χ1v) is 10.1. The summed E-state index contributed by atoms with van der Waals surface area (Å²) in [6, 6.07) is 15.4. The maximum atomic E-state index is 12.2. The van der Waals surface area contributed by atoms with E-state index in [9.17, 15) is 9.59 Å². The molecule has 1 aliphatic carbocycles. The first kappa shape index (κ1) is 20.9. The average Bonchev–Trinajstić information content (AvgIpc) is 3.50. The maximum absolute atomic E-state index is 12.2. The van der Waals surface area contributed by atoms with Crippen LogP contribution in [0.15, 0.2) is 48.5 Å². The lowest BCUT2D eigenvalue weighted by molar-refractivity contribution is -0.129. The number of rotatable bonds is 7. The van der Waals surface area contributed by atoms with Crippen LogP contribution in [-0.4, -0.2) is 24.0 Å². The van der Waals surface area contributed by atoms with E-state index in [-0.39, 0.29) is 17.4 Å². The van der Waals surface area contributed by atoms with Gasteiger partial charge in [-0.25, -0.2) is 4.79 Å². The normalized spacial score (nSPS) is 14.8. The van der Waals surface area contributed by atoms with Crippen LogP contribution in [0, 0.1) is 0 Å². The van der Waals surface area contributed by atoms with Crippen molar-refractivity contribution < 1.29 is 19.1 Å². The number of carbonyl (C=O) groups excluding carboxylic acids is 2. The molecule has 0 aliphatic heterocycles. The molecule has 0 bridgehead atoms. The van der Waals surface area contributed by atoms with Gasteiger partial charge in [0, 0.05) is 6.04 Å². The first-order valence-electron chi connectivity index (χ1n) is 10.1. The van der Waals surface area contributed by atoms with Crippen LogP contribution in [0.1, 0.15) is 62.0 Å². The molecule has 2 aromatic rings. The van der Waals surface area contributed by atoms with Gasteiger partial charge in [0.05, 0.1) is 5.56 Å². The van der Waals surface area contributed by atoms with Crippen LogP contribution in [0.2, 0.25) is 0 Å². The largest absolute Gasteiger partial charge is 0.489 e. The highest BCUT2D eigenvalue weighted by Gasteiger charge is 2.27. The van der Waals surface area contributed by atoms with Crippen molar-refractivity contribution in [3.8, 4) is 5.75 Å². The van der Waals surface area contributed by atoms with Gasteiger partial charge in [-0.05, 0) is 60.6 Å². The summed E-state index contributed by atoms with van der Waals surface area (Å²) in [6.45, 7) is 8.52. The number of benzene rings is 2. The Kier molecular flexibility index (Phi) is 6.26. The van der Waals surface area contributed by atoms with Crippen LogP contribution in [0.5, 0.6) is 5.75 Å². The zero-order valence-electron chi connectivity index (χ0n) is 17.5. The molecule has 5 nitrogen and oxygen atoms in total. The third-order valence-electron chi connectivity index (χ3n) is 4.89. The van der Waals surface area contributed by atoms with Gasteiger partial charge in [0.1, 0.15) is 12.4 Å². The van der Waals surface area contributed by atoms with E-state index in [1.807, 2.05) is 24.3 Å². The molecule has 1 amide bonds. The van der Waals surface area contributed by atoms with Crippen LogP contribution in [0.4, 0.5) is 0 Å². The van der Waals surface area contributed by atoms with Crippen LogP contribution in [0.25, 0.3) is 0 Å². The monoisotopic (exact) mass is 395 g/mol. The summed E-state index contributed by atoms with van der Waals surface area (Å²) in [5, 5.41) is 2.83. The Balaban J connectivity index is 1.50. The second-order valence-corrected chi connectivity index (χ2v) is 8.59. The number of ether oxygens (including phenoxy) is 2. The molecule has 1 atom stereocenters. The van der Waals surface area contributed by atoms with E-state index >= 15 is 0 Å². The predicted octanol–water partition coefficient (Wildman–Crippen LogP) is 4.39. The molecule has 0 heterocycles. The van der Waals surface area contributed by atoms with Gasteiger partial charge < -0.3 is 14.8 Å². The smallest absolute Gasteiger partial charge is 0.338 e. The van der Waals surface area contributed by atoms with Crippen molar-refractivity contribution in [1.82, 2.24) is 5.32 Å². The fraction of sp³-hybridized carbons (Fsp3) is 0.417. The highest BCUT2D eigenvalue weighted by Crippen LogP contribution is 2.24. The second kappa shape index (κ2) is 8.68. The molecule has 3 rings (SSSR count). The molecular formula is C24H29NO4. The molecule has 0 radical (unpaired) electrons. The molecule has 2 aromatic carbocycles. The minimum absolute atomic E-state index is 0.110. The number of esters is 1. The van der Waals surface area contributed by atoms with E-state index in [0.717, 1.165) is 24.2 Å². The van der Waals surface area contributed by atoms with Crippen molar-refractivity contribution in [2.24, 2.45) is 0 Å². The number of nitrogens with one attached hydrogen (secondary N) is 1. The van der Waals surface area contributed by atoms with E-state index in [4.69, 9.17) is 9.47 Å². The van der Waals surface area contributed by atoms with E-state index in [0.29, 0.717) is 12.2 Å². The summed E-state index contributed by atoms with van der Waals surface area (Å²) in [4.78, 5) is 24.1. The van der Waals surface area contributed by atoms with Gasteiger partial charge in [-0.15, -0.1) is 0 Å². The van der Waals surface area contributed by atoms with Crippen LogP contribution in [0.3, 0.4) is 0 Å². The minimum Gasteiger partial charge on any atom is -0.489 e. The maximum Gasteiger partial charge on any atom is 0.338 e. The average molecular weight is 395 g/mol. The van der Waals surface area contributed by atoms with E-state index in [1.165, 1.54) is 5.56 Å². The molecule has 29 heavy (non-hydrogen) atoms. The first-order chi connectivity index (χ1) is 13.7. The quantitative estimate of drug-likeness (QED) is 0.707. The Hall–Kier alpha value is -2.82. The van der Waals surface area contributed by atoms with Crippen molar-refractivity contribution in [1.29, 1.82) is 0 Å². The molecule has 1 fully saturated rings. The Morgan fingerprint density at radius 1 is 1.03 bits per heavy atom. The molecule has 5 heteroatoms. The summed E-state index contributed by atoms with van der Waals surface area (Å²) in [7, 11) is 0. The molecule has 0 spiro atoms. The molecular weight excluding hydrogens is 366 g/mol. The minimum atomic E-state index is -0.804. The molecule has 0 unspecified atom stereocenters. The van der Waals surface area contributed by atoms with Crippen molar-refractivity contribution in [3.05, 3.63) is 65.2 Å². The molecule has 154 valence electrons. The van der Waals surface area contributed by atoms with E-state index in [1.54, 1.807) is 19.1 Å². The van der Waals surface area contributed by atoms with Gasteiger partial charge in [-0.1, -0.05) is 45.0 Å². The van der Waals surface area contributed by atoms with Crippen LogP contribution < -0.4 is 10.1 Å². The summed E-state index contributed by atoms with van der Waals surface area (Å²) in [5.41, 5.74) is 2.72. The van der Waals surface area contributed by atoms with Gasteiger partial charge in [0.25, 0.3) is 5.91 Å². The number of carbonyl (C=O) groups is 2. The van der Waals surface area contributed by atoms with Gasteiger partial charge >= 0.3 is 5.97 Å². The van der Waals surface area contributed by atoms with Crippen molar-refractivity contribution in [2.75, 3.05) is 0 Å². The lowest BCUT2D eigenvalue weighted by Gasteiger charge is -2.19. The van der Waals surface area contributed by atoms with Crippen molar-refractivity contribution >= 4 is 11.9 Å². The van der Waals surface area contributed by atoms with E-state index in [2.05, 4.69) is 38.2 Å². The predicted molar refractivity (Wildman–Crippen MR) is 112 cm³/mol. The zero-order chi connectivity index (χ0) is 21.0. The standard InChI is InChI=1S/C24H29NO4/c1-16(22(26)25-20-11-12-20)29-23(27)18-7-5-17(6-8-18)15-28-21-13-9-19(10-14-21)24(2,3)4/h5-10,13-14,16,20H,11-12,15H2,1-4H3,(H,25,26)/t16-/m0/s1. The Labute approximate surface area is 172 Å². The molecule has 0 aromatic heterocycles. The number of hydrogen-bond acceptors (Lipinski definition) is 4. The molecule has 0 saturated heterocycles. The van der Waals surface area contributed by atoms with Crippen LogP contribution >= 0.6 is 0 Å². The molecule has 1 N–H and O–H groups in total. The van der Waals surface area contributed by atoms with Crippen LogP contribution in [-0.2, 0) is 21.6 Å². The third kappa shape index (κ3) is 6.08. The van der Waals surface area contributed by atoms with Crippen molar-refractivity contribution in [2.45, 2.75) is 64.7 Å². The van der Waals surface area contributed by atoms with Gasteiger partial charge in [-0.3, -0.25) is 4.79 Å². The van der Waals surface area contributed by atoms with Crippen molar-refractivity contribution in [3.63, 3.8) is 0 Å². The van der Waals surface area contributed by atoms with Gasteiger partial charge in [0.15, 0.2) is 6.10 Å². The lowest BCUT2D eigenvalue weighted by atomic mass is 9.87. The van der Waals surface area contributed by atoms with E-state index < -0.39 is 12.1 Å². The second-order valence-electron chi connectivity index (χ2n) is 8.59. The summed E-state index contributed by atoms with van der Waals surface area (Å²) < 4.78 is 11.1. The topological polar surface area (TPSA) is 64.6 Å². The fourth-order valence-electron chi connectivity index (χ4n) is 2.78. The summed E-state index contributed by atoms with van der Waals surface area (Å²) in [6.07, 6.45) is 1.19. The Morgan fingerprint density at radius 3 is 2.21 bits per heavy atom. The Bertz CT molecular complexity index is 846. The third-order valence-corrected chi connectivity index (χ3v) is 4.89. The molecule has 1 aliphatic rings. The summed E-state index contributed by atoms with van der Waals surface area (Å²) >= 11 is 0. The highest BCUT2D eigenvalue weighted by molar-refractivity contribution is 5.92. The molecule has 1 saturated carbocycles. The fourth-order valence-corrected chi connectivity index (χ4v) is 2.78. The lowest BCUT2D eigenvalue weighted by Crippen LogP contribution is -2.37.